The number of aromatic nitrogens is 1. The lowest BCUT2D eigenvalue weighted by molar-refractivity contribution is 0.102. The average molecular weight is 370 g/mol. The van der Waals surface area contributed by atoms with Crippen LogP contribution in [-0.4, -0.2) is 18.0 Å². The van der Waals surface area contributed by atoms with E-state index in [9.17, 15) is 4.79 Å². The highest BCUT2D eigenvalue weighted by Gasteiger charge is 2.08. The Labute approximate surface area is 162 Å². The van der Waals surface area contributed by atoms with Crippen LogP contribution in [0.15, 0.2) is 85.1 Å². The van der Waals surface area contributed by atoms with Gasteiger partial charge in [-0.05, 0) is 60.7 Å². The molecule has 0 saturated heterocycles. The minimum absolute atomic E-state index is 0.174. The predicted octanol–water partition coefficient (Wildman–Crippen LogP) is 5.29. The maximum absolute atomic E-state index is 12.5. The summed E-state index contributed by atoms with van der Waals surface area (Å²) in [4.78, 5) is 16.8. The van der Waals surface area contributed by atoms with Gasteiger partial charge in [-0.1, -0.05) is 12.1 Å². The summed E-state index contributed by atoms with van der Waals surface area (Å²) in [6.07, 6.45) is 1.73. The van der Waals surface area contributed by atoms with Crippen LogP contribution in [0, 0.1) is 0 Å². The third-order valence-corrected chi connectivity index (χ3v) is 4.25. The molecule has 0 atom stereocenters. The SMILES string of the molecule is COc1cccc(Oc2ccc(NC(=O)c3ccc4ncccc4c3)cc2)c1. The van der Waals surface area contributed by atoms with Gasteiger partial charge in [0.15, 0.2) is 0 Å². The van der Waals surface area contributed by atoms with Gasteiger partial charge in [0, 0.05) is 28.9 Å². The molecule has 1 N–H and O–H groups in total. The maximum atomic E-state index is 12.5. The number of carbonyl (C=O) groups excluding carboxylic acids is 1. The molecule has 0 bridgehead atoms. The van der Waals surface area contributed by atoms with Gasteiger partial charge in [0.1, 0.15) is 17.2 Å². The molecular formula is C23H18N2O3. The number of rotatable bonds is 5. The van der Waals surface area contributed by atoms with Gasteiger partial charge in [-0.3, -0.25) is 9.78 Å². The van der Waals surface area contributed by atoms with Gasteiger partial charge in [0.2, 0.25) is 0 Å². The van der Waals surface area contributed by atoms with Gasteiger partial charge in [-0.2, -0.15) is 0 Å². The highest BCUT2D eigenvalue weighted by molar-refractivity contribution is 6.06. The smallest absolute Gasteiger partial charge is 0.255 e. The third kappa shape index (κ3) is 3.94. The topological polar surface area (TPSA) is 60.5 Å². The van der Waals surface area contributed by atoms with E-state index in [1.165, 1.54) is 0 Å². The number of nitrogens with one attached hydrogen (secondary N) is 1. The molecule has 0 saturated carbocycles. The Morgan fingerprint density at radius 1 is 0.857 bits per heavy atom. The maximum Gasteiger partial charge on any atom is 0.255 e. The Morgan fingerprint density at radius 3 is 2.50 bits per heavy atom. The van der Waals surface area contributed by atoms with Gasteiger partial charge >= 0.3 is 0 Å². The predicted molar refractivity (Wildman–Crippen MR) is 109 cm³/mol. The van der Waals surface area contributed by atoms with E-state index in [2.05, 4.69) is 10.3 Å². The second-order valence-corrected chi connectivity index (χ2v) is 6.17. The standard InChI is InChI=1S/C23H18N2O3/c1-27-20-5-2-6-21(15-20)28-19-10-8-18(9-11-19)25-23(26)17-7-12-22-16(14-17)4-3-13-24-22/h2-15H,1H3,(H,25,26). The molecule has 3 aromatic carbocycles. The number of ether oxygens (including phenoxy) is 2. The molecule has 1 amide bonds. The second-order valence-electron chi connectivity index (χ2n) is 6.17. The molecule has 1 heterocycles. The lowest BCUT2D eigenvalue weighted by atomic mass is 10.1. The van der Waals surface area contributed by atoms with Crippen LogP contribution in [0.1, 0.15) is 10.4 Å². The van der Waals surface area contributed by atoms with Gasteiger partial charge in [0.25, 0.3) is 5.91 Å². The van der Waals surface area contributed by atoms with E-state index in [1.54, 1.807) is 43.6 Å². The van der Waals surface area contributed by atoms with Gasteiger partial charge < -0.3 is 14.8 Å². The molecule has 0 aliphatic carbocycles. The van der Waals surface area contributed by atoms with Crippen molar-refractivity contribution >= 4 is 22.5 Å². The average Bonchev–Trinajstić information content (AvgIpc) is 2.75. The van der Waals surface area contributed by atoms with Crippen LogP contribution in [0.5, 0.6) is 17.2 Å². The fourth-order valence-electron chi connectivity index (χ4n) is 2.83. The van der Waals surface area contributed by atoms with Crippen molar-refractivity contribution in [1.82, 2.24) is 4.98 Å². The first-order chi connectivity index (χ1) is 13.7. The molecule has 4 aromatic rings. The first kappa shape index (κ1) is 17.5. The fourth-order valence-corrected chi connectivity index (χ4v) is 2.83. The van der Waals surface area contributed by atoms with E-state index in [0.717, 1.165) is 16.7 Å². The molecule has 28 heavy (non-hydrogen) atoms. The molecule has 5 heteroatoms. The molecule has 138 valence electrons. The zero-order valence-corrected chi connectivity index (χ0v) is 15.3. The Balaban J connectivity index is 1.45. The van der Waals surface area contributed by atoms with Gasteiger partial charge in [0.05, 0.1) is 12.6 Å². The summed E-state index contributed by atoms with van der Waals surface area (Å²) in [6.45, 7) is 0. The summed E-state index contributed by atoms with van der Waals surface area (Å²) in [5.74, 6) is 1.91. The van der Waals surface area contributed by atoms with Crippen molar-refractivity contribution in [3.05, 3.63) is 90.6 Å². The van der Waals surface area contributed by atoms with Crippen molar-refractivity contribution in [2.75, 3.05) is 12.4 Å². The summed E-state index contributed by atoms with van der Waals surface area (Å²) in [5.41, 5.74) is 2.13. The van der Waals surface area contributed by atoms with E-state index >= 15 is 0 Å². The minimum Gasteiger partial charge on any atom is -0.497 e. The van der Waals surface area contributed by atoms with Crippen molar-refractivity contribution in [1.29, 1.82) is 0 Å². The van der Waals surface area contributed by atoms with Gasteiger partial charge in [-0.25, -0.2) is 0 Å². The van der Waals surface area contributed by atoms with Gasteiger partial charge in [-0.15, -0.1) is 0 Å². The number of amides is 1. The number of pyridine rings is 1. The molecule has 5 nitrogen and oxygen atoms in total. The fraction of sp³-hybridized carbons (Fsp3) is 0.0435. The Morgan fingerprint density at radius 2 is 1.68 bits per heavy atom. The van der Waals surface area contributed by atoms with Crippen LogP contribution < -0.4 is 14.8 Å². The van der Waals surface area contributed by atoms with Crippen molar-refractivity contribution in [2.24, 2.45) is 0 Å². The summed E-state index contributed by atoms with van der Waals surface area (Å²) in [5, 5.41) is 3.83. The van der Waals surface area contributed by atoms with E-state index in [4.69, 9.17) is 9.47 Å². The summed E-state index contributed by atoms with van der Waals surface area (Å²) < 4.78 is 11.0. The molecule has 0 fully saturated rings. The summed E-state index contributed by atoms with van der Waals surface area (Å²) in [7, 11) is 1.61. The zero-order chi connectivity index (χ0) is 19.3. The highest BCUT2D eigenvalue weighted by atomic mass is 16.5. The van der Waals surface area contributed by atoms with E-state index < -0.39 is 0 Å². The Bertz CT molecular complexity index is 1120. The van der Waals surface area contributed by atoms with Crippen molar-refractivity contribution in [3.63, 3.8) is 0 Å². The molecule has 1 aromatic heterocycles. The highest BCUT2D eigenvalue weighted by Crippen LogP contribution is 2.26. The number of methoxy groups -OCH3 is 1. The Kier molecular flexibility index (Phi) is 4.89. The number of nitrogens with zero attached hydrogens (tertiary/aromatic N) is 1. The molecule has 0 spiro atoms. The van der Waals surface area contributed by atoms with Crippen LogP contribution in [0.2, 0.25) is 0 Å². The second kappa shape index (κ2) is 7.80. The lowest BCUT2D eigenvalue weighted by Crippen LogP contribution is -2.11. The molecule has 0 aliphatic rings. The largest absolute Gasteiger partial charge is 0.497 e. The van der Waals surface area contributed by atoms with Crippen molar-refractivity contribution < 1.29 is 14.3 Å². The van der Waals surface area contributed by atoms with Crippen LogP contribution >= 0.6 is 0 Å². The number of anilines is 1. The molecule has 4 rings (SSSR count). The quantitative estimate of drug-likeness (QED) is 0.519. The summed E-state index contributed by atoms with van der Waals surface area (Å²) in [6, 6.07) is 23.8. The van der Waals surface area contributed by atoms with E-state index in [-0.39, 0.29) is 5.91 Å². The zero-order valence-electron chi connectivity index (χ0n) is 15.3. The number of fused-ring (bicyclic) bond motifs is 1. The third-order valence-electron chi connectivity index (χ3n) is 4.25. The number of hydrogen-bond acceptors (Lipinski definition) is 4. The molecule has 0 aliphatic heterocycles. The lowest BCUT2D eigenvalue weighted by Gasteiger charge is -2.09. The number of hydrogen-bond donors (Lipinski definition) is 1. The number of benzene rings is 3. The first-order valence-electron chi connectivity index (χ1n) is 8.79. The normalized spacial score (nSPS) is 10.5. The van der Waals surface area contributed by atoms with Crippen molar-refractivity contribution in [3.8, 4) is 17.2 Å². The first-order valence-corrected chi connectivity index (χ1v) is 8.79. The van der Waals surface area contributed by atoms with E-state index in [1.807, 2.05) is 48.5 Å². The van der Waals surface area contributed by atoms with E-state index in [0.29, 0.717) is 22.7 Å². The molecule has 0 radical (unpaired) electrons. The Hall–Kier alpha value is -3.86. The monoisotopic (exact) mass is 370 g/mol. The molecular weight excluding hydrogens is 352 g/mol. The minimum atomic E-state index is -0.174. The summed E-state index contributed by atoms with van der Waals surface area (Å²) >= 11 is 0. The van der Waals surface area contributed by atoms with Crippen LogP contribution in [0.4, 0.5) is 5.69 Å². The van der Waals surface area contributed by atoms with Crippen LogP contribution in [0.3, 0.4) is 0 Å². The number of carbonyl (C=O) groups is 1. The van der Waals surface area contributed by atoms with Crippen molar-refractivity contribution in [2.45, 2.75) is 0 Å². The van der Waals surface area contributed by atoms with Crippen LogP contribution in [-0.2, 0) is 0 Å². The van der Waals surface area contributed by atoms with Crippen LogP contribution in [0.25, 0.3) is 10.9 Å². The molecule has 0 unspecified atom stereocenters.